The number of pyridine rings is 2. The van der Waals surface area contributed by atoms with Crippen LogP contribution < -0.4 is 5.32 Å². The van der Waals surface area contributed by atoms with Gasteiger partial charge in [0.2, 0.25) is 5.91 Å². The Morgan fingerprint density at radius 2 is 2.10 bits per heavy atom. The molecule has 3 aromatic heterocycles. The molecule has 1 aliphatic carbocycles. The SMILES string of the molecule is CC(=O)Nc1cc2c(cn1)c(C1CCC1(F)F)nn2-c1cccc(C(C)(F)F)n1. The number of anilines is 1. The monoisotopic (exact) mass is 407 g/mol. The normalized spacial score (nSPS) is 18.5. The molecule has 0 saturated heterocycles. The first-order valence-electron chi connectivity index (χ1n) is 8.96. The Balaban J connectivity index is 1.91. The Morgan fingerprint density at radius 3 is 2.69 bits per heavy atom. The molecule has 4 rings (SSSR count). The third-order valence-corrected chi connectivity index (χ3v) is 4.91. The smallest absolute Gasteiger partial charge is 0.287 e. The minimum Gasteiger partial charge on any atom is -0.311 e. The van der Waals surface area contributed by atoms with Crippen molar-refractivity contribution >= 4 is 22.6 Å². The van der Waals surface area contributed by atoms with E-state index >= 15 is 0 Å². The second kappa shape index (κ2) is 6.50. The predicted octanol–water partition coefficient (Wildman–Crippen LogP) is 4.40. The zero-order chi connectivity index (χ0) is 21.0. The van der Waals surface area contributed by atoms with E-state index < -0.39 is 23.5 Å². The van der Waals surface area contributed by atoms with Crippen LogP contribution >= 0.6 is 0 Å². The Morgan fingerprint density at radius 1 is 1.34 bits per heavy atom. The van der Waals surface area contributed by atoms with Crippen molar-refractivity contribution in [3.05, 3.63) is 41.9 Å². The van der Waals surface area contributed by atoms with Crippen molar-refractivity contribution in [1.82, 2.24) is 19.7 Å². The number of nitrogens with zero attached hydrogens (tertiary/aromatic N) is 4. The van der Waals surface area contributed by atoms with Gasteiger partial charge < -0.3 is 5.32 Å². The summed E-state index contributed by atoms with van der Waals surface area (Å²) in [6.07, 6.45) is 1.37. The largest absolute Gasteiger partial charge is 0.311 e. The van der Waals surface area contributed by atoms with Gasteiger partial charge in [0.05, 0.1) is 17.1 Å². The average Bonchev–Trinajstić information content (AvgIpc) is 2.98. The van der Waals surface area contributed by atoms with Gasteiger partial charge in [-0.1, -0.05) is 6.07 Å². The molecule has 1 atom stereocenters. The molecule has 1 N–H and O–H groups in total. The summed E-state index contributed by atoms with van der Waals surface area (Å²) in [5, 5.41) is 7.17. The molecule has 0 aromatic carbocycles. The molecule has 29 heavy (non-hydrogen) atoms. The summed E-state index contributed by atoms with van der Waals surface area (Å²) >= 11 is 0. The Hall–Kier alpha value is -3.04. The number of carbonyl (C=O) groups excluding carboxylic acids is 1. The van der Waals surface area contributed by atoms with Crippen molar-refractivity contribution in [3.8, 4) is 5.82 Å². The van der Waals surface area contributed by atoms with Gasteiger partial charge in [0, 0.05) is 37.9 Å². The number of alkyl halides is 4. The second-order valence-corrected chi connectivity index (χ2v) is 7.19. The first-order valence-corrected chi connectivity index (χ1v) is 8.96. The molecule has 3 aromatic rings. The molecule has 1 fully saturated rings. The van der Waals surface area contributed by atoms with E-state index in [4.69, 9.17) is 0 Å². The van der Waals surface area contributed by atoms with Gasteiger partial charge >= 0.3 is 0 Å². The van der Waals surface area contributed by atoms with Crippen LogP contribution in [-0.2, 0) is 10.7 Å². The molecule has 1 aliphatic rings. The summed E-state index contributed by atoms with van der Waals surface area (Å²) < 4.78 is 56.8. The molecule has 1 unspecified atom stereocenters. The van der Waals surface area contributed by atoms with Crippen LogP contribution in [0.3, 0.4) is 0 Å². The highest BCUT2D eigenvalue weighted by molar-refractivity contribution is 5.91. The second-order valence-electron chi connectivity index (χ2n) is 7.19. The van der Waals surface area contributed by atoms with Crippen LogP contribution in [0.5, 0.6) is 0 Å². The van der Waals surface area contributed by atoms with Crippen LogP contribution in [0.25, 0.3) is 16.7 Å². The van der Waals surface area contributed by atoms with Gasteiger partial charge in [-0.25, -0.2) is 23.4 Å². The molecule has 6 nitrogen and oxygen atoms in total. The first-order chi connectivity index (χ1) is 13.6. The predicted molar refractivity (Wildman–Crippen MR) is 97.5 cm³/mol. The molecule has 0 bridgehead atoms. The zero-order valence-electron chi connectivity index (χ0n) is 15.6. The van der Waals surface area contributed by atoms with Crippen molar-refractivity contribution in [2.24, 2.45) is 0 Å². The highest BCUT2D eigenvalue weighted by Crippen LogP contribution is 2.51. The number of fused-ring (bicyclic) bond motifs is 1. The van der Waals surface area contributed by atoms with Crippen molar-refractivity contribution in [2.75, 3.05) is 5.32 Å². The van der Waals surface area contributed by atoms with E-state index in [0.29, 0.717) is 10.9 Å². The Bertz CT molecular complexity index is 1110. The fourth-order valence-electron chi connectivity index (χ4n) is 3.34. The number of aromatic nitrogens is 4. The van der Waals surface area contributed by atoms with E-state index in [9.17, 15) is 22.4 Å². The van der Waals surface area contributed by atoms with Gasteiger partial charge in [-0.05, 0) is 18.6 Å². The number of nitrogens with one attached hydrogen (secondary N) is 1. The molecular weight excluding hydrogens is 390 g/mol. The first kappa shape index (κ1) is 19.3. The Labute approximate surface area is 163 Å². The van der Waals surface area contributed by atoms with Crippen molar-refractivity contribution < 1.29 is 22.4 Å². The molecule has 10 heteroatoms. The number of halogens is 4. The van der Waals surface area contributed by atoms with E-state index in [1.54, 1.807) is 0 Å². The van der Waals surface area contributed by atoms with E-state index in [2.05, 4.69) is 20.4 Å². The maximum Gasteiger partial charge on any atom is 0.287 e. The van der Waals surface area contributed by atoms with Crippen molar-refractivity contribution in [1.29, 1.82) is 0 Å². The molecular formula is C19H17F4N5O. The highest BCUT2D eigenvalue weighted by atomic mass is 19.3. The van der Waals surface area contributed by atoms with E-state index in [1.807, 2.05) is 0 Å². The van der Waals surface area contributed by atoms with Crippen LogP contribution in [0.15, 0.2) is 30.5 Å². The number of carbonyl (C=O) groups is 1. The summed E-state index contributed by atoms with van der Waals surface area (Å²) in [6.45, 7) is 2.03. The third-order valence-electron chi connectivity index (χ3n) is 4.91. The van der Waals surface area contributed by atoms with Gasteiger partial charge in [0.15, 0.2) is 5.82 Å². The molecule has 1 saturated carbocycles. The average molecular weight is 407 g/mol. The van der Waals surface area contributed by atoms with Gasteiger partial charge in [0.25, 0.3) is 11.8 Å². The maximum atomic E-state index is 14.1. The number of hydrogen-bond acceptors (Lipinski definition) is 4. The standard InChI is InChI=1S/C19H17F4N5O/c1-10(29)25-15-8-13-11(9-24-15)17(12-6-7-19(12,22)23)27-28(13)16-5-3-4-14(26-16)18(2,20)21/h3-5,8-9,12H,6-7H2,1-2H3,(H,24,25,29). The van der Waals surface area contributed by atoms with Crippen molar-refractivity contribution in [2.45, 2.75) is 44.5 Å². The van der Waals surface area contributed by atoms with Gasteiger partial charge in [-0.2, -0.15) is 13.9 Å². The lowest BCUT2D eigenvalue weighted by Gasteiger charge is -2.35. The lowest BCUT2D eigenvalue weighted by Crippen LogP contribution is -2.36. The van der Waals surface area contributed by atoms with Crippen LogP contribution in [0.1, 0.15) is 44.0 Å². The van der Waals surface area contributed by atoms with E-state index in [-0.39, 0.29) is 36.1 Å². The topological polar surface area (TPSA) is 72.7 Å². The quantitative estimate of drug-likeness (QED) is 0.651. The molecule has 0 spiro atoms. The Kier molecular flexibility index (Phi) is 4.32. The molecule has 3 heterocycles. The summed E-state index contributed by atoms with van der Waals surface area (Å²) in [6, 6.07) is 5.50. The van der Waals surface area contributed by atoms with Crippen LogP contribution in [0.2, 0.25) is 0 Å². The zero-order valence-corrected chi connectivity index (χ0v) is 15.6. The molecule has 1 amide bonds. The lowest BCUT2D eigenvalue weighted by atomic mass is 9.78. The fraction of sp³-hybridized carbons (Fsp3) is 0.368. The minimum atomic E-state index is -3.17. The summed E-state index contributed by atoms with van der Waals surface area (Å²) in [7, 11) is 0. The third kappa shape index (κ3) is 3.43. The molecule has 0 radical (unpaired) electrons. The van der Waals surface area contributed by atoms with Gasteiger partial charge in [0.1, 0.15) is 11.5 Å². The summed E-state index contributed by atoms with van der Waals surface area (Å²) in [5.74, 6) is -7.27. The van der Waals surface area contributed by atoms with Gasteiger partial charge in [-0.15, -0.1) is 0 Å². The van der Waals surface area contributed by atoms with Crippen LogP contribution in [0.4, 0.5) is 23.4 Å². The maximum absolute atomic E-state index is 14.1. The highest BCUT2D eigenvalue weighted by Gasteiger charge is 2.51. The summed E-state index contributed by atoms with van der Waals surface area (Å²) in [4.78, 5) is 19.4. The fourth-order valence-corrected chi connectivity index (χ4v) is 3.34. The number of hydrogen-bond donors (Lipinski definition) is 1. The summed E-state index contributed by atoms with van der Waals surface area (Å²) in [5.41, 5.74) is 0.00409. The van der Waals surface area contributed by atoms with Gasteiger partial charge in [-0.3, -0.25) is 4.79 Å². The van der Waals surface area contributed by atoms with E-state index in [0.717, 1.165) is 6.92 Å². The molecule has 0 aliphatic heterocycles. The van der Waals surface area contributed by atoms with Crippen LogP contribution in [-0.4, -0.2) is 31.6 Å². The number of rotatable bonds is 4. The van der Waals surface area contributed by atoms with E-state index in [1.165, 1.54) is 42.1 Å². The van der Waals surface area contributed by atoms with Crippen LogP contribution in [0, 0.1) is 0 Å². The number of amides is 1. The van der Waals surface area contributed by atoms with Crippen molar-refractivity contribution in [3.63, 3.8) is 0 Å². The molecule has 152 valence electrons. The minimum absolute atomic E-state index is 0.0582. The lowest BCUT2D eigenvalue weighted by molar-refractivity contribution is -0.114.